The molecule has 0 aliphatic heterocycles. The number of aromatic nitrogens is 1. The van der Waals surface area contributed by atoms with Crippen LogP contribution in [0.2, 0.25) is 0 Å². The Morgan fingerprint density at radius 1 is 1.67 bits per heavy atom. The molecular weight excluding hydrogens is 269 g/mol. The van der Waals surface area contributed by atoms with Gasteiger partial charge in [0.25, 0.3) is 0 Å². The van der Waals surface area contributed by atoms with Crippen molar-refractivity contribution < 1.29 is 9.84 Å². The van der Waals surface area contributed by atoms with E-state index in [1.54, 1.807) is 26.3 Å². The number of aliphatic hydroxyl groups excluding tert-OH is 1. The first-order valence-corrected chi connectivity index (χ1v) is 4.60. The van der Waals surface area contributed by atoms with E-state index in [0.717, 1.165) is 9.13 Å². The molecule has 1 N–H and O–H groups in total. The third-order valence-corrected chi connectivity index (χ3v) is 2.45. The summed E-state index contributed by atoms with van der Waals surface area (Å²) in [6, 6.07) is 1.79. The number of rotatable bonds is 2. The zero-order valence-corrected chi connectivity index (χ0v) is 9.07. The van der Waals surface area contributed by atoms with Crippen LogP contribution in [0.3, 0.4) is 0 Å². The van der Waals surface area contributed by atoms with E-state index in [1.165, 1.54) is 0 Å². The van der Waals surface area contributed by atoms with Gasteiger partial charge in [-0.3, -0.25) is 0 Å². The van der Waals surface area contributed by atoms with Crippen LogP contribution < -0.4 is 4.74 Å². The van der Waals surface area contributed by atoms with Crippen molar-refractivity contribution in [1.82, 2.24) is 4.98 Å². The molecule has 0 spiro atoms. The lowest BCUT2D eigenvalue weighted by Gasteiger charge is -2.07. The summed E-state index contributed by atoms with van der Waals surface area (Å²) in [5, 5.41) is 9.28. The molecule has 4 heteroatoms. The average Bonchev–Trinajstić information content (AvgIpc) is 2.03. The van der Waals surface area contributed by atoms with Crippen LogP contribution in [-0.4, -0.2) is 17.2 Å². The lowest BCUT2D eigenvalue weighted by atomic mass is 10.2. The lowest BCUT2D eigenvalue weighted by Crippen LogP contribution is -1.97. The van der Waals surface area contributed by atoms with Gasteiger partial charge in [0.1, 0.15) is 0 Å². The largest absolute Gasteiger partial charge is 0.481 e. The third kappa shape index (κ3) is 2.07. The molecule has 12 heavy (non-hydrogen) atoms. The van der Waals surface area contributed by atoms with E-state index in [1.807, 2.05) is 0 Å². The van der Waals surface area contributed by atoms with Crippen LogP contribution in [-0.2, 0) is 0 Å². The Hall–Kier alpha value is -0.360. The summed E-state index contributed by atoms with van der Waals surface area (Å²) in [4.78, 5) is 3.99. The number of pyridine rings is 1. The molecule has 0 saturated carbocycles. The zero-order chi connectivity index (χ0) is 9.14. The minimum Gasteiger partial charge on any atom is -0.481 e. The van der Waals surface area contributed by atoms with Crippen molar-refractivity contribution in [2.75, 3.05) is 7.11 Å². The van der Waals surface area contributed by atoms with Crippen LogP contribution in [0.5, 0.6) is 5.88 Å². The maximum Gasteiger partial charge on any atom is 0.213 e. The van der Waals surface area contributed by atoms with E-state index in [9.17, 15) is 5.11 Å². The maximum absolute atomic E-state index is 9.28. The smallest absolute Gasteiger partial charge is 0.213 e. The second kappa shape index (κ2) is 4.04. The highest BCUT2D eigenvalue weighted by molar-refractivity contribution is 14.1. The number of hydrogen-bond donors (Lipinski definition) is 1. The quantitative estimate of drug-likeness (QED) is 0.839. The van der Waals surface area contributed by atoms with Gasteiger partial charge in [0.2, 0.25) is 5.88 Å². The van der Waals surface area contributed by atoms with Gasteiger partial charge in [-0.15, -0.1) is 0 Å². The fourth-order valence-corrected chi connectivity index (χ4v) is 1.70. The highest BCUT2D eigenvalue weighted by Crippen LogP contribution is 2.21. The molecule has 0 fully saturated rings. The van der Waals surface area contributed by atoms with Crippen LogP contribution in [0, 0.1) is 3.57 Å². The standard InChI is InChI=1S/C8H10INO2/c1-5(11)6-4-10-8(12-2)3-7(6)9/h3-5,11H,1-2H3. The molecule has 1 aromatic heterocycles. The summed E-state index contributed by atoms with van der Waals surface area (Å²) in [6.45, 7) is 1.71. The molecule has 0 aromatic carbocycles. The third-order valence-electron chi connectivity index (χ3n) is 1.52. The van der Waals surface area contributed by atoms with E-state index < -0.39 is 6.10 Å². The lowest BCUT2D eigenvalue weighted by molar-refractivity contribution is 0.197. The molecule has 66 valence electrons. The average molecular weight is 279 g/mol. The Bertz CT molecular complexity index is 276. The van der Waals surface area contributed by atoms with Gasteiger partial charge in [-0.2, -0.15) is 0 Å². The van der Waals surface area contributed by atoms with Crippen LogP contribution in [0.25, 0.3) is 0 Å². The number of aliphatic hydroxyl groups is 1. The first-order chi connectivity index (χ1) is 5.65. The summed E-state index contributed by atoms with van der Waals surface area (Å²) in [5.41, 5.74) is 0.830. The highest BCUT2D eigenvalue weighted by atomic mass is 127. The number of methoxy groups -OCH3 is 1. The molecule has 1 atom stereocenters. The van der Waals surface area contributed by atoms with Crippen molar-refractivity contribution in [3.63, 3.8) is 0 Å². The Morgan fingerprint density at radius 2 is 2.33 bits per heavy atom. The fourth-order valence-electron chi connectivity index (χ4n) is 0.843. The minimum atomic E-state index is -0.477. The van der Waals surface area contributed by atoms with Crippen molar-refractivity contribution >= 4 is 22.6 Å². The summed E-state index contributed by atoms with van der Waals surface area (Å²) in [6.07, 6.45) is 1.15. The van der Waals surface area contributed by atoms with E-state index >= 15 is 0 Å². The van der Waals surface area contributed by atoms with E-state index in [2.05, 4.69) is 27.6 Å². The summed E-state index contributed by atoms with van der Waals surface area (Å²) >= 11 is 2.14. The topological polar surface area (TPSA) is 42.4 Å². The van der Waals surface area contributed by atoms with Gasteiger partial charge in [-0.1, -0.05) is 0 Å². The predicted molar refractivity (Wildman–Crippen MR) is 54.1 cm³/mol. The molecule has 0 saturated heterocycles. The van der Waals surface area contributed by atoms with Crippen molar-refractivity contribution in [2.24, 2.45) is 0 Å². The molecule has 0 bridgehead atoms. The van der Waals surface area contributed by atoms with Crippen LogP contribution >= 0.6 is 22.6 Å². The summed E-state index contributed by atoms with van der Waals surface area (Å²) < 4.78 is 5.90. The molecule has 0 aliphatic rings. The Labute approximate surface area is 84.9 Å². The predicted octanol–water partition coefficient (Wildman–Crippen LogP) is 1.75. The second-order valence-electron chi connectivity index (χ2n) is 2.42. The van der Waals surface area contributed by atoms with Gasteiger partial charge < -0.3 is 9.84 Å². The van der Waals surface area contributed by atoms with Gasteiger partial charge in [-0.25, -0.2) is 4.98 Å². The van der Waals surface area contributed by atoms with Crippen LogP contribution in [0.4, 0.5) is 0 Å². The van der Waals surface area contributed by atoms with Gasteiger partial charge in [0, 0.05) is 21.4 Å². The van der Waals surface area contributed by atoms with E-state index in [4.69, 9.17) is 4.74 Å². The fraction of sp³-hybridized carbons (Fsp3) is 0.375. The van der Waals surface area contributed by atoms with E-state index in [-0.39, 0.29) is 0 Å². The minimum absolute atomic E-state index is 0.477. The molecule has 1 unspecified atom stereocenters. The first kappa shape index (κ1) is 9.73. The van der Waals surface area contributed by atoms with Gasteiger partial charge in [-0.05, 0) is 29.5 Å². The SMILES string of the molecule is COc1cc(I)c(C(C)O)cn1. The molecule has 1 rings (SSSR count). The van der Waals surface area contributed by atoms with Crippen molar-refractivity contribution in [1.29, 1.82) is 0 Å². The molecule has 1 aromatic rings. The van der Waals surface area contributed by atoms with Crippen LogP contribution in [0.1, 0.15) is 18.6 Å². The highest BCUT2D eigenvalue weighted by Gasteiger charge is 2.07. The summed E-state index contributed by atoms with van der Waals surface area (Å²) in [7, 11) is 1.57. The van der Waals surface area contributed by atoms with Crippen molar-refractivity contribution in [3.05, 3.63) is 21.4 Å². The monoisotopic (exact) mass is 279 g/mol. The van der Waals surface area contributed by atoms with Gasteiger partial charge in [0.05, 0.1) is 13.2 Å². The van der Waals surface area contributed by atoms with Crippen LogP contribution in [0.15, 0.2) is 12.3 Å². The number of hydrogen-bond acceptors (Lipinski definition) is 3. The molecule has 3 nitrogen and oxygen atoms in total. The van der Waals surface area contributed by atoms with Crippen molar-refractivity contribution in [2.45, 2.75) is 13.0 Å². The van der Waals surface area contributed by atoms with E-state index in [0.29, 0.717) is 5.88 Å². The second-order valence-corrected chi connectivity index (χ2v) is 3.59. The zero-order valence-electron chi connectivity index (χ0n) is 6.91. The Morgan fingerprint density at radius 3 is 2.75 bits per heavy atom. The molecule has 1 heterocycles. The van der Waals surface area contributed by atoms with Gasteiger partial charge >= 0.3 is 0 Å². The number of halogens is 1. The van der Waals surface area contributed by atoms with Crippen molar-refractivity contribution in [3.8, 4) is 5.88 Å². The molecule has 0 amide bonds. The Balaban J connectivity index is 3.03. The first-order valence-electron chi connectivity index (χ1n) is 3.52. The number of nitrogens with zero attached hydrogens (tertiary/aromatic N) is 1. The number of ether oxygens (including phenoxy) is 1. The normalized spacial score (nSPS) is 12.7. The van der Waals surface area contributed by atoms with Gasteiger partial charge in [0.15, 0.2) is 0 Å². The maximum atomic E-state index is 9.28. The molecule has 0 radical (unpaired) electrons. The molecular formula is C8H10INO2. The molecule has 0 aliphatic carbocycles. The summed E-state index contributed by atoms with van der Waals surface area (Å²) in [5.74, 6) is 0.573. The Kier molecular flexibility index (Phi) is 3.28.